The third kappa shape index (κ3) is 2.56. The molecule has 4 heterocycles. The van der Waals surface area contributed by atoms with Crippen molar-refractivity contribution in [3.05, 3.63) is 69.6 Å². The smallest absolute Gasteiger partial charge is 0.254 e. The van der Waals surface area contributed by atoms with Gasteiger partial charge in [-0.1, -0.05) is 36.4 Å². The number of fused-ring (bicyclic) bond motifs is 2. The zero-order valence-electron chi connectivity index (χ0n) is 14.7. The normalized spacial score (nSPS) is 28.2. The number of hydrogen-bond donors (Lipinski definition) is 0. The Kier molecular flexibility index (Phi) is 3.78. The SMILES string of the molecule is O=c1c(Cc2ccccc2)ccc2n1C[C@@H]1CCCN3CCC[C@H]2[C@@H]13. The van der Waals surface area contributed by atoms with Gasteiger partial charge in [0.15, 0.2) is 0 Å². The molecule has 0 radical (unpaired) electrons. The summed E-state index contributed by atoms with van der Waals surface area (Å²) in [5, 5.41) is 0. The van der Waals surface area contributed by atoms with Crippen LogP contribution in [-0.2, 0) is 13.0 Å². The van der Waals surface area contributed by atoms with E-state index in [-0.39, 0.29) is 5.56 Å². The fraction of sp³-hybridized carbons (Fsp3) is 0.500. The second-order valence-corrected chi connectivity index (χ2v) is 8.04. The van der Waals surface area contributed by atoms with Crippen LogP contribution in [0.3, 0.4) is 0 Å². The van der Waals surface area contributed by atoms with E-state index < -0.39 is 0 Å². The molecular formula is C22H26N2O. The monoisotopic (exact) mass is 334 g/mol. The molecule has 0 spiro atoms. The molecule has 25 heavy (non-hydrogen) atoms. The number of piperidine rings is 2. The average Bonchev–Trinajstić information content (AvgIpc) is 2.66. The van der Waals surface area contributed by atoms with Crippen LogP contribution >= 0.6 is 0 Å². The maximum Gasteiger partial charge on any atom is 0.254 e. The highest BCUT2D eigenvalue weighted by atomic mass is 16.1. The molecule has 3 aliphatic heterocycles. The van der Waals surface area contributed by atoms with Gasteiger partial charge in [0.05, 0.1) is 0 Å². The summed E-state index contributed by atoms with van der Waals surface area (Å²) in [7, 11) is 0. The largest absolute Gasteiger partial charge is 0.312 e. The van der Waals surface area contributed by atoms with Crippen LogP contribution in [0.15, 0.2) is 47.3 Å². The Bertz CT molecular complexity index is 824. The van der Waals surface area contributed by atoms with Gasteiger partial charge in [-0.15, -0.1) is 0 Å². The Hall–Kier alpha value is -1.87. The highest BCUT2D eigenvalue weighted by Crippen LogP contribution is 2.43. The first-order valence-electron chi connectivity index (χ1n) is 9.82. The third-order valence-electron chi connectivity index (χ3n) is 6.62. The van der Waals surface area contributed by atoms with Crippen molar-refractivity contribution in [2.24, 2.45) is 5.92 Å². The quantitative estimate of drug-likeness (QED) is 0.841. The molecule has 2 fully saturated rings. The summed E-state index contributed by atoms with van der Waals surface area (Å²) in [5.41, 5.74) is 3.71. The molecular weight excluding hydrogens is 308 g/mol. The highest BCUT2D eigenvalue weighted by molar-refractivity contribution is 5.29. The van der Waals surface area contributed by atoms with Crippen LogP contribution in [0.1, 0.15) is 48.4 Å². The number of hydrogen-bond acceptors (Lipinski definition) is 2. The Labute approximate surface area is 149 Å². The minimum Gasteiger partial charge on any atom is -0.312 e. The van der Waals surface area contributed by atoms with Gasteiger partial charge in [0.25, 0.3) is 5.56 Å². The topological polar surface area (TPSA) is 25.2 Å². The number of nitrogens with zero attached hydrogens (tertiary/aromatic N) is 2. The highest BCUT2D eigenvalue weighted by Gasteiger charge is 2.44. The van der Waals surface area contributed by atoms with Crippen molar-refractivity contribution in [1.82, 2.24) is 9.47 Å². The van der Waals surface area contributed by atoms with Crippen LogP contribution in [0.5, 0.6) is 0 Å². The van der Waals surface area contributed by atoms with E-state index in [0.717, 1.165) is 18.5 Å². The number of pyridine rings is 1. The van der Waals surface area contributed by atoms with Crippen molar-refractivity contribution in [3.8, 4) is 0 Å². The summed E-state index contributed by atoms with van der Waals surface area (Å²) in [6.45, 7) is 3.44. The molecule has 130 valence electrons. The van der Waals surface area contributed by atoms with Gasteiger partial charge in [-0.05, 0) is 56.3 Å². The second-order valence-electron chi connectivity index (χ2n) is 8.04. The lowest BCUT2D eigenvalue weighted by atomic mass is 9.72. The molecule has 0 unspecified atom stereocenters. The fourth-order valence-electron chi connectivity index (χ4n) is 5.56. The Balaban J connectivity index is 1.54. The number of benzene rings is 1. The van der Waals surface area contributed by atoms with Gasteiger partial charge in [-0.25, -0.2) is 0 Å². The van der Waals surface area contributed by atoms with Crippen molar-refractivity contribution < 1.29 is 0 Å². The summed E-state index contributed by atoms with van der Waals surface area (Å²) in [4.78, 5) is 15.9. The Morgan fingerprint density at radius 2 is 1.76 bits per heavy atom. The third-order valence-corrected chi connectivity index (χ3v) is 6.62. The van der Waals surface area contributed by atoms with E-state index in [0.29, 0.717) is 17.9 Å². The Morgan fingerprint density at radius 3 is 2.60 bits per heavy atom. The first-order chi connectivity index (χ1) is 12.3. The zero-order valence-corrected chi connectivity index (χ0v) is 14.7. The summed E-state index contributed by atoms with van der Waals surface area (Å²) in [6, 6.07) is 15.4. The molecule has 3 aliphatic rings. The van der Waals surface area contributed by atoms with Crippen molar-refractivity contribution in [3.63, 3.8) is 0 Å². The van der Waals surface area contributed by atoms with E-state index in [1.165, 1.54) is 50.0 Å². The predicted molar refractivity (Wildman–Crippen MR) is 100 cm³/mol. The van der Waals surface area contributed by atoms with Gasteiger partial charge < -0.3 is 4.57 Å². The van der Waals surface area contributed by atoms with Crippen molar-refractivity contribution in [2.75, 3.05) is 13.1 Å². The van der Waals surface area contributed by atoms with E-state index in [2.05, 4.69) is 45.9 Å². The molecule has 0 aliphatic carbocycles. The number of rotatable bonds is 2. The molecule has 0 N–H and O–H groups in total. The molecule has 1 aromatic carbocycles. The van der Waals surface area contributed by atoms with E-state index in [4.69, 9.17) is 0 Å². The van der Waals surface area contributed by atoms with Crippen LogP contribution in [0, 0.1) is 5.92 Å². The van der Waals surface area contributed by atoms with E-state index in [1.54, 1.807) is 0 Å². The molecule has 3 heteroatoms. The predicted octanol–water partition coefficient (Wildman–Crippen LogP) is 3.41. The standard InChI is InChI=1S/C22H26N2O/c25-22-17(14-16-6-2-1-3-7-16)10-11-20-19-9-5-13-23-12-4-8-18(21(19)23)15-24(20)22/h1-3,6-7,10-11,18-19,21H,4-5,8-9,12-15H2/t18-,19+,21+/m0/s1. The van der Waals surface area contributed by atoms with Gasteiger partial charge in [0.2, 0.25) is 0 Å². The van der Waals surface area contributed by atoms with Gasteiger partial charge in [0, 0.05) is 36.2 Å². The van der Waals surface area contributed by atoms with Crippen molar-refractivity contribution in [1.29, 1.82) is 0 Å². The van der Waals surface area contributed by atoms with Gasteiger partial charge >= 0.3 is 0 Å². The second kappa shape index (κ2) is 6.14. The summed E-state index contributed by atoms with van der Waals surface area (Å²) < 4.78 is 2.14. The van der Waals surface area contributed by atoms with Gasteiger partial charge in [-0.3, -0.25) is 9.69 Å². The lowest BCUT2D eigenvalue weighted by molar-refractivity contribution is 0.0179. The molecule has 0 saturated carbocycles. The Morgan fingerprint density at radius 1 is 0.960 bits per heavy atom. The van der Waals surface area contributed by atoms with Gasteiger partial charge in [0.1, 0.15) is 0 Å². The fourth-order valence-corrected chi connectivity index (χ4v) is 5.56. The summed E-state index contributed by atoms with van der Waals surface area (Å²) >= 11 is 0. The molecule has 5 rings (SSSR count). The van der Waals surface area contributed by atoms with Crippen LogP contribution in [0.25, 0.3) is 0 Å². The molecule has 0 amide bonds. The van der Waals surface area contributed by atoms with Crippen LogP contribution in [-0.4, -0.2) is 28.6 Å². The molecule has 2 aromatic rings. The van der Waals surface area contributed by atoms with Crippen molar-refractivity contribution >= 4 is 0 Å². The molecule has 3 nitrogen and oxygen atoms in total. The molecule has 0 bridgehead atoms. The maximum absolute atomic E-state index is 13.2. The minimum atomic E-state index is 0.252. The van der Waals surface area contributed by atoms with E-state index >= 15 is 0 Å². The molecule has 1 aromatic heterocycles. The van der Waals surface area contributed by atoms with Gasteiger partial charge in [-0.2, -0.15) is 0 Å². The van der Waals surface area contributed by atoms with E-state index in [1.807, 2.05) is 6.07 Å². The van der Waals surface area contributed by atoms with Crippen LogP contribution in [0.4, 0.5) is 0 Å². The summed E-state index contributed by atoms with van der Waals surface area (Å²) in [5.74, 6) is 1.22. The first-order valence-corrected chi connectivity index (χ1v) is 9.82. The van der Waals surface area contributed by atoms with E-state index in [9.17, 15) is 4.79 Å². The lowest BCUT2D eigenvalue weighted by Crippen LogP contribution is -2.56. The lowest BCUT2D eigenvalue weighted by Gasteiger charge is -2.52. The zero-order chi connectivity index (χ0) is 16.8. The maximum atomic E-state index is 13.2. The van der Waals surface area contributed by atoms with Crippen LogP contribution in [0.2, 0.25) is 0 Å². The first kappa shape index (κ1) is 15.4. The average molecular weight is 334 g/mol. The number of aromatic nitrogens is 1. The minimum absolute atomic E-state index is 0.252. The summed E-state index contributed by atoms with van der Waals surface area (Å²) in [6.07, 6.45) is 5.84. The molecule has 3 atom stereocenters. The van der Waals surface area contributed by atoms with Crippen molar-refractivity contribution in [2.45, 2.75) is 50.6 Å². The van der Waals surface area contributed by atoms with Crippen LogP contribution < -0.4 is 5.56 Å². The molecule has 2 saturated heterocycles.